The standard InChI is InChI=1S/C14H17FN2O3S/c1-14(2,3)19-13(18)16-6-7-21-12-10-8-9(15)4-5-11(10)20-17-12/h4-5,8H,6-7H2,1-3H3,(H,16,18). The van der Waals surface area contributed by atoms with E-state index in [2.05, 4.69) is 10.5 Å². The highest BCUT2D eigenvalue weighted by Crippen LogP contribution is 2.27. The van der Waals surface area contributed by atoms with Gasteiger partial charge in [-0.3, -0.25) is 0 Å². The summed E-state index contributed by atoms with van der Waals surface area (Å²) in [6, 6.07) is 4.25. The number of hydrogen-bond acceptors (Lipinski definition) is 5. The van der Waals surface area contributed by atoms with Crippen molar-refractivity contribution in [3.63, 3.8) is 0 Å². The van der Waals surface area contributed by atoms with E-state index in [9.17, 15) is 9.18 Å². The third-order valence-corrected chi connectivity index (χ3v) is 3.38. The average Bonchev–Trinajstić information content (AvgIpc) is 2.75. The van der Waals surface area contributed by atoms with Gasteiger partial charge in [-0.25, -0.2) is 9.18 Å². The van der Waals surface area contributed by atoms with Crippen molar-refractivity contribution in [1.82, 2.24) is 10.5 Å². The Bertz CT molecular complexity index is 637. The Morgan fingerprint density at radius 2 is 2.24 bits per heavy atom. The number of nitrogens with zero attached hydrogens (tertiary/aromatic N) is 1. The summed E-state index contributed by atoms with van der Waals surface area (Å²) in [5.74, 6) is 0.247. The molecule has 0 unspecified atom stereocenters. The lowest BCUT2D eigenvalue weighted by Gasteiger charge is -2.19. The van der Waals surface area contributed by atoms with E-state index >= 15 is 0 Å². The van der Waals surface area contributed by atoms with Crippen LogP contribution in [-0.2, 0) is 4.74 Å². The molecule has 0 fully saturated rings. The van der Waals surface area contributed by atoms with Gasteiger partial charge >= 0.3 is 6.09 Å². The van der Waals surface area contributed by atoms with E-state index in [1.165, 1.54) is 23.9 Å². The van der Waals surface area contributed by atoms with Crippen LogP contribution < -0.4 is 5.32 Å². The molecule has 0 aliphatic rings. The number of aromatic nitrogens is 1. The molecule has 1 heterocycles. The predicted molar refractivity (Wildman–Crippen MR) is 78.9 cm³/mol. The van der Waals surface area contributed by atoms with Crippen LogP contribution in [0.15, 0.2) is 27.7 Å². The first-order valence-corrected chi connectivity index (χ1v) is 7.48. The maximum absolute atomic E-state index is 13.2. The van der Waals surface area contributed by atoms with Crippen molar-refractivity contribution in [2.45, 2.75) is 31.4 Å². The summed E-state index contributed by atoms with van der Waals surface area (Å²) in [4.78, 5) is 11.5. The number of alkyl carbamates (subject to hydrolysis) is 1. The first-order valence-electron chi connectivity index (χ1n) is 6.50. The van der Waals surface area contributed by atoms with E-state index in [0.717, 1.165) is 0 Å². The van der Waals surface area contributed by atoms with Crippen molar-refractivity contribution >= 4 is 28.8 Å². The molecule has 1 amide bonds. The Balaban J connectivity index is 1.83. The second-order valence-electron chi connectivity index (χ2n) is 5.41. The topological polar surface area (TPSA) is 64.4 Å². The molecule has 114 valence electrons. The minimum Gasteiger partial charge on any atom is -0.444 e. The van der Waals surface area contributed by atoms with Gasteiger partial charge in [-0.15, -0.1) is 11.8 Å². The quantitative estimate of drug-likeness (QED) is 0.690. The zero-order valence-electron chi connectivity index (χ0n) is 12.1. The molecule has 0 bridgehead atoms. The van der Waals surface area contributed by atoms with Crippen molar-refractivity contribution in [2.75, 3.05) is 12.3 Å². The van der Waals surface area contributed by atoms with Crippen LogP contribution in [-0.4, -0.2) is 29.1 Å². The highest BCUT2D eigenvalue weighted by molar-refractivity contribution is 7.99. The second kappa shape index (κ2) is 6.34. The summed E-state index contributed by atoms with van der Waals surface area (Å²) in [6.07, 6.45) is -0.459. The lowest BCUT2D eigenvalue weighted by molar-refractivity contribution is 0.0531. The molecule has 1 N–H and O–H groups in total. The fourth-order valence-electron chi connectivity index (χ4n) is 1.61. The van der Waals surface area contributed by atoms with Crippen LogP contribution in [0.5, 0.6) is 0 Å². The van der Waals surface area contributed by atoms with E-state index in [1.54, 1.807) is 26.8 Å². The molecular formula is C14H17FN2O3S. The summed E-state index contributed by atoms with van der Waals surface area (Å²) >= 11 is 1.38. The number of fused-ring (bicyclic) bond motifs is 1. The largest absolute Gasteiger partial charge is 0.444 e. The van der Waals surface area contributed by atoms with Crippen LogP contribution in [0.2, 0.25) is 0 Å². The maximum atomic E-state index is 13.2. The zero-order chi connectivity index (χ0) is 15.5. The van der Waals surface area contributed by atoms with Gasteiger partial charge in [0.05, 0.1) is 5.39 Å². The molecule has 5 nitrogen and oxygen atoms in total. The number of nitrogens with one attached hydrogen (secondary N) is 1. The summed E-state index contributed by atoms with van der Waals surface area (Å²) in [6.45, 7) is 5.83. The molecular weight excluding hydrogens is 295 g/mol. The highest BCUT2D eigenvalue weighted by atomic mass is 32.2. The van der Waals surface area contributed by atoms with E-state index in [4.69, 9.17) is 9.26 Å². The van der Waals surface area contributed by atoms with Gasteiger partial charge in [0, 0.05) is 12.3 Å². The van der Waals surface area contributed by atoms with Crippen LogP contribution in [0.3, 0.4) is 0 Å². The van der Waals surface area contributed by atoms with Gasteiger partial charge in [0.15, 0.2) is 5.58 Å². The molecule has 0 radical (unpaired) electrons. The first-order chi connectivity index (χ1) is 9.85. The number of carbonyl (C=O) groups excluding carboxylic acids is 1. The molecule has 1 aromatic heterocycles. The number of hydrogen-bond donors (Lipinski definition) is 1. The number of ether oxygens (including phenoxy) is 1. The second-order valence-corrected chi connectivity index (χ2v) is 6.49. The summed E-state index contributed by atoms with van der Waals surface area (Å²) in [5.41, 5.74) is 0.0239. The van der Waals surface area contributed by atoms with Gasteiger partial charge in [-0.05, 0) is 39.0 Å². The van der Waals surface area contributed by atoms with Gasteiger partial charge in [-0.1, -0.05) is 5.16 Å². The third-order valence-electron chi connectivity index (χ3n) is 2.41. The number of carbonyl (C=O) groups is 1. The number of rotatable bonds is 4. The molecule has 0 spiro atoms. The van der Waals surface area contributed by atoms with Crippen LogP contribution in [0.25, 0.3) is 11.0 Å². The van der Waals surface area contributed by atoms with E-state index in [1.807, 2.05) is 0 Å². The molecule has 0 saturated heterocycles. The summed E-state index contributed by atoms with van der Waals surface area (Å²) < 4.78 is 23.4. The zero-order valence-corrected chi connectivity index (χ0v) is 12.9. The lowest BCUT2D eigenvalue weighted by atomic mass is 10.2. The van der Waals surface area contributed by atoms with Crippen molar-refractivity contribution in [2.24, 2.45) is 0 Å². The SMILES string of the molecule is CC(C)(C)OC(=O)NCCSc1noc2ccc(F)cc12. The van der Waals surface area contributed by atoms with Gasteiger partial charge in [-0.2, -0.15) is 0 Å². The summed E-state index contributed by atoms with van der Waals surface area (Å²) in [5, 5.41) is 7.78. The highest BCUT2D eigenvalue weighted by Gasteiger charge is 2.15. The Hall–Kier alpha value is -1.76. The molecule has 0 atom stereocenters. The molecule has 2 rings (SSSR count). The molecule has 21 heavy (non-hydrogen) atoms. The van der Waals surface area contributed by atoms with Crippen molar-refractivity contribution in [3.8, 4) is 0 Å². The Morgan fingerprint density at radius 3 is 2.95 bits per heavy atom. The molecule has 0 aliphatic carbocycles. The monoisotopic (exact) mass is 312 g/mol. The predicted octanol–water partition coefficient (Wildman–Crippen LogP) is 3.58. The Morgan fingerprint density at radius 1 is 1.48 bits per heavy atom. The van der Waals surface area contributed by atoms with E-state index in [0.29, 0.717) is 28.3 Å². The van der Waals surface area contributed by atoms with E-state index < -0.39 is 11.7 Å². The number of halogens is 1. The first kappa shape index (κ1) is 15.6. The number of thioether (sulfide) groups is 1. The van der Waals surface area contributed by atoms with Crippen molar-refractivity contribution < 1.29 is 18.4 Å². The van der Waals surface area contributed by atoms with Gasteiger partial charge in [0.1, 0.15) is 16.4 Å². The van der Waals surface area contributed by atoms with Crippen LogP contribution >= 0.6 is 11.8 Å². The molecule has 7 heteroatoms. The minimum atomic E-state index is -0.517. The molecule has 0 aliphatic heterocycles. The van der Waals surface area contributed by atoms with Crippen molar-refractivity contribution in [3.05, 3.63) is 24.0 Å². The smallest absolute Gasteiger partial charge is 0.407 e. The molecule has 2 aromatic rings. The van der Waals surface area contributed by atoms with Gasteiger partial charge in [0.25, 0.3) is 0 Å². The average molecular weight is 312 g/mol. The van der Waals surface area contributed by atoms with Gasteiger partial charge < -0.3 is 14.6 Å². The van der Waals surface area contributed by atoms with Crippen LogP contribution in [0.4, 0.5) is 9.18 Å². The third kappa shape index (κ3) is 4.63. The van der Waals surface area contributed by atoms with Gasteiger partial charge in [0.2, 0.25) is 0 Å². The Kier molecular flexibility index (Phi) is 4.72. The maximum Gasteiger partial charge on any atom is 0.407 e. The molecule has 1 aromatic carbocycles. The lowest BCUT2D eigenvalue weighted by Crippen LogP contribution is -2.33. The van der Waals surface area contributed by atoms with Crippen LogP contribution in [0, 0.1) is 5.82 Å². The van der Waals surface area contributed by atoms with Crippen molar-refractivity contribution in [1.29, 1.82) is 0 Å². The summed E-state index contributed by atoms with van der Waals surface area (Å²) in [7, 11) is 0. The van der Waals surface area contributed by atoms with Crippen LogP contribution in [0.1, 0.15) is 20.8 Å². The Labute approximate surface area is 126 Å². The van der Waals surface area contributed by atoms with E-state index in [-0.39, 0.29) is 5.82 Å². The fraction of sp³-hybridized carbons (Fsp3) is 0.429. The minimum absolute atomic E-state index is 0.334. The number of amides is 1. The molecule has 0 saturated carbocycles. The number of benzene rings is 1. The normalized spacial score (nSPS) is 11.6. The fourth-order valence-corrected chi connectivity index (χ4v) is 2.41.